The van der Waals surface area contributed by atoms with Crippen LogP contribution in [0.25, 0.3) is 0 Å². The summed E-state index contributed by atoms with van der Waals surface area (Å²) < 4.78 is 0. The molecule has 2 aromatic carbocycles. The van der Waals surface area contributed by atoms with Crippen molar-refractivity contribution < 1.29 is 9.90 Å². The summed E-state index contributed by atoms with van der Waals surface area (Å²) in [6.45, 7) is 5.35. The quantitative estimate of drug-likeness (QED) is 0.712. The van der Waals surface area contributed by atoms with Gasteiger partial charge >= 0.3 is 5.97 Å². The third-order valence-electron chi connectivity index (χ3n) is 5.42. The lowest BCUT2D eigenvalue weighted by molar-refractivity contribution is -0.137. The Labute approximate surface area is 162 Å². The standard InChI is InChI=1S/C23H30N2O2/c1-18-15-25(16-20-10-6-3-7-11-20)17-22(18)24-21(12-13-23(26)27)14-19-8-4-2-5-9-19/h2-11,18,21-22,24H,12-17H2,1H3,(H,26,27). The number of carboxylic acid groups (broad SMARTS) is 1. The molecule has 1 aliphatic rings. The zero-order valence-corrected chi connectivity index (χ0v) is 16.1. The summed E-state index contributed by atoms with van der Waals surface area (Å²) in [5.74, 6) is -0.170. The number of carboxylic acids is 1. The fourth-order valence-electron chi connectivity index (χ4n) is 4.00. The minimum Gasteiger partial charge on any atom is -0.481 e. The third-order valence-corrected chi connectivity index (χ3v) is 5.42. The van der Waals surface area contributed by atoms with Crippen molar-refractivity contribution in [2.24, 2.45) is 5.92 Å². The van der Waals surface area contributed by atoms with E-state index in [4.69, 9.17) is 5.11 Å². The molecule has 3 unspecified atom stereocenters. The number of rotatable bonds is 9. The normalized spacial score (nSPS) is 21.2. The van der Waals surface area contributed by atoms with E-state index in [0.717, 1.165) is 26.1 Å². The molecule has 27 heavy (non-hydrogen) atoms. The topological polar surface area (TPSA) is 52.6 Å². The smallest absolute Gasteiger partial charge is 0.303 e. The van der Waals surface area contributed by atoms with Crippen LogP contribution in [-0.4, -0.2) is 41.1 Å². The second kappa shape index (κ2) is 9.67. The van der Waals surface area contributed by atoms with Gasteiger partial charge < -0.3 is 10.4 Å². The molecule has 1 saturated heterocycles. The lowest BCUT2D eigenvalue weighted by Crippen LogP contribution is -2.44. The van der Waals surface area contributed by atoms with Crippen LogP contribution < -0.4 is 5.32 Å². The van der Waals surface area contributed by atoms with Gasteiger partial charge in [0, 0.05) is 38.1 Å². The fourth-order valence-corrected chi connectivity index (χ4v) is 4.00. The Bertz CT molecular complexity index is 705. The van der Waals surface area contributed by atoms with Crippen molar-refractivity contribution in [3.05, 3.63) is 71.8 Å². The Morgan fingerprint density at radius 1 is 1.07 bits per heavy atom. The second-order valence-corrected chi connectivity index (χ2v) is 7.75. The molecule has 2 aromatic rings. The highest BCUT2D eigenvalue weighted by Crippen LogP contribution is 2.21. The van der Waals surface area contributed by atoms with Gasteiger partial charge in [0.05, 0.1) is 0 Å². The van der Waals surface area contributed by atoms with E-state index in [-0.39, 0.29) is 12.5 Å². The summed E-state index contributed by atoms with van der Waals surface area (Å²) in [5, 5.41) is 12.9. The van der Waals surface area contributed by atoms with Crippen molar-refractivity contribution in [1.82, 2.24) is 10.2 Å². The molecule has 3 atom stereocenters. The average molecular weight is 367 g/mol. The molecular weight excluding hydrogens is 336 g/mol. The molecule has 0 bridgehead atoms. The van der Waals surface area contributed by atoms with Crippen LogP contribution in [0, 0.1) is 5.92 Å². The summed E-state index contributed by atoms with van der Waals surface area (Å²) in [5.41, 5.74) is 2.60. The number of nitrogens with zero attached hydrogens (tertiary/aromatic N) is 1. The fraction of sp³-hybridized carbons (Fsp3) is 0.435. The van der Waals surface area contributed by atoms with Crippen LogP contribution in [0.4, 0.5) is 0 Å². The van der Waals surface area contributed by atoms with E-state index in [2.05, 4.69) is 59.6 Å². The molecule has 4 heteroatoms. The Morgan fingerprint density at radius 2 is 1.70 bits per heavy atom. The molecule has 1 aliphatic heterocycles. The molecule has 4 nitrogen and oxygen atoms in total. The van der Waals surface area contributed by atoms with E-state index in [9.17, 15) is 4.79 Å². The highest BCUT2D eigenvalue weighted by atomic mass is 16.4. The number of likely N-dealkylation sites (tertiary alicyclic amines) is 1. The van der Waals surface area contributed by atoms with Gasteiger partial charge in [0.15, 0.2) is 0 Å². The molecule has 0 aromatic heterocycles. The molecule has 0 aliphatic carbocycles. The van der Waals surface area contributed by atoms with Crippen molar-refractivity contribution in [3.63, 3.8) is 0 Å². The monoisotopic (exact) mass is 366 g/mol. The van der Waals surface area contributed by atoms with Crippen molar-refractivity contribution in [1.29, 1.82) is 0 Å². The maximum Gasteiger partial charge on any atom is 0.303 e. The van der Waals surface area contributed by atoms with Gasteiger partial charge in [0.25, 0.3) is 0 Å². The van der Waals surface area contributed by atoms with E-state index in [1.165, 1.54) is 11.1 Å². The summed E-state index contributed by atoms with van der Waals surface area (Å²) >= 11 is 0. The predicted octanol–water partition coefficient (Wildman–Crippen LogP) is 3.57. The van der Waals surface area contributed by atoms with Crippen LogP contribution in [0.3, 0.4) is 0 Å². The Hall–Kier alpha value is -2.17. The maximum absolute atomic E-state index is 11.1. The van der Waals surface area contributed by atoms with E-state index in [1.54, 1.807) is 0 Å². The van der Waals surface area contributed by atoms with Gasteiger partial charge in [0.2, 0.25) is 0 Å². The largest absolute Gasteiger partial charge is 0.481 e. The molecule has 1 fully saturated rings. The van der Waals surface area contributed by atoms with Crippen molar-refractivity contribution in [3.8, 4) is 0 Å². The zero-order valence-electron chi connectivity index (χ0n) is 16.1. The summed E-state index contributed by atoms with van der Waals surface area (Å²) in [6, 6.07) is 21.5. The molecule has 144 valence electrons. The van der Waals surface area contributed by atoms with E-state index in [1.807, 2.05) is 18.2 Å². The molecule has 0 amide bonds. The molecule has 2 N–H and O–H groups in total. The van der Waals surface area contributed by atoms with Crippen LogP contribution >= 0.6 is 0 Å². The number of nitrogens with one attached hydrogen (secondary N) is 1. The molecule has 1 heterocycles. The van der Waals surface area contributed by atoms with Crippen LogP contribution in [0.1, 0.15) is 30.9 Å². The second-order valence-electron chi connectivity index (χ2n) is 7.75. The molecular formula is C23H30N2O2. The summed E-state index contributed by atoms with van der Waals surface area (Å²) in [6.07, 6.45) is 1.74. The number of benzene rings is 2. The number of aliphatic carboxylic acids is 1. The maximum atomic E-state index is 11.1. The van der Waals surface area contributed by atoms with Gasteiger partial charge in [-0.15, -0.1) is 0 Å². The van der Waals surface area contributed by atoms with Gasteiger partial charge in [-0.25, -0.2) is 0 Å². The van der Waals surface area contributed by atoms with E-state index in [0.29, 0.717) is 18.4 Å². The third kappa shape index (κ3) is 6.19. The molecule has 0 spiro atoms. The first-order valence-electron chi connectivity index (χ1n) is 9.88. The Kier molecular flexibility index (Phi) is 7.02. The number of hydrogen-bond acceptors (Lipinski definition) is 3. The lowest BCUT2D eigenvalue weighted by Gasteiger charge is -2.25. The van der Waals surface area contributed by atoms with Gasteiger partial charge in [-0.3, -0.25) is 9.69 Å². The van der Waals surface area contributed by atoms with E-state index >= 15 is 0 Å². The highest BCUT2D eigenvalue weighted by molar-refractivity contribution is 5.66. The minimum absolute atomic E-state index is 0.188. The average Bonchev–Trinajstić information content (AvgIpc) is 3.00. The zero-order chi connectivity index (χ0) is 19.1. The van der Waals surface area contributed by atoms with Crippen LogP contribution in [0.15, 0.2) is 60.7 Å². The van der Waals surface area contributed by atoms with Crippen LogP contribution in [0.5, 0.6) is 0 Å². The van der Waals surface area contributed by atoms with Crippen molar-refractivity contribution >= 4 is 5.97 Å². The first-order chi connectivity index (χ1) is 13.1. The lowest BCUT2D eigenvalue weighted by atomic mass is 9.98. The Morgan fingerprint density at radius 3 is 2.33 bits per heavy atom. The number of hydrogen-bond donors (Lipinski definition) is 2. The van der Waals surface area contributed by atoms with Gasteiger partial charge in [-0.05, 0) is 29.9 Å². The van der Waals surface area contributed by atoms with Crippen LogP contribution in [-0.2, 0) is 17.8 Å². The summed E-state index contributed by atoms with van der Waals surface area (Å²) in [7, 11) is 0. The van der Waals surface area contributed by atoms with E-state index < -0.39 is 5.97 Å². The first-order valence-corrected chi connectivity index (χ1v) is 9.88. The SMILES string of the molecule is CC1CN(Cc2ccccc2)CC1NC(CCC(=O)O)Cc1ccccc1. The van der Waals surface area contributed by atoms with Gasteiger partial charge in [-0.1, -0.05) is 67.6 Å². The van der Waals surface area contributed by atoms with Crippen molar-refractivity contribution in [2.45, 2.75) is 44.8 Å². The molecule has 3 rings (SSSR count). The molecule has 0 saturated carbocycles. The van der Waals surface area contributed by atoms with Crippen LogP contribution in [0.2, 0.25) is 0 Å². The molecule has 0 radical (unpaired) electrons. The minimum atomic E-state index is -0.722. The number of carbonyl (C=O) groups is 1. The Balaban J connectivity index is 1.59. The van der Waals surface area contributed by atoms with Gasteiger partial charge in [-0.2, -0.15) is 0 Å². The first kappa shape index (κ1) is 19.6. The highest BCUT2D eigenvalue weighted by Gasteiger charge is 2.31. The predicted molar refractivity (Wildman–Crippen MR) is 109 cm³/mol. The van der Waals surface area contributed by atoms with Gasteiger partial charge in [0.1, 0.15) is 0 Å². The van der Waals surface area contributed by atoms with Crippen molar-refractivity contribution in [2.75, 3.05) is 13.1 Å². The summed E-state index contributed by atoms with van der Waals surface area (Å²) in [4.78, 5) is 13.6.